The molecule has 1 aromatic carbocycles. The Hall–Kier alpha value is -2.64. The molecule has 0 heterocycles. The van der Waals surface area contributed by atoms with E-state index >= 15 is 0 Å². The summed E-state index contributed by atoms with van der Waals surface area (Å²) in [6.45, 7) is -0.902. The molecule has 1 N–H and O–H groups in total. The molecule has 0 atom stereocenters. The van der Waals surface area contributed by atoms with Crippen LogP contribution in [0.4, 0.5) is 0 Å². The third-order valence-electron chi connectivity index (χ3n) is 1.63. The summed E-state index contributed by atoms with van der Waals surface area (Å²) < 4.78 is 4.61. The zero-order chi connectivity index (χ0) is 12.8. The summed E-state index contributed by atoms with van der Waals surface area (Å²) >= 11 is 0. The molecule has 1 aromatic rings. The van der Waals surface area contributed by atoms with E-state index in [1.165, 1.54) is 24.3 Å². The van der Waals surface area contributed by atoms with Crippen molar-refractivity contribution in [2.45, 2.75) is 0 Å². The van der Waals surface area contributed by atoms with Crippen molar-refractivity contribution in [1.82, 2.24) is 0 Å². The number of ether oxygens (including phenoxy) is 1. The lowest BCUT2D eigenvalue weighted by molar-refractivity contribution is -0.754. The minimum Gasteiger partial charge on any atom is -0.478 e. The van der Waals surface area contributed by atoms with Crippen LogP contribution in [0.1, 0.15) is 10.4 Å². The molecule has 17 heavy (non-hydrogen) atoms. The number of esters is 1. The fourth-order valence-corrected chi connectivity index (χ4v) is 0.990. The fourth-order valence-electron chi connectivity index (χ4n) is 0.990. The maximum Gasteiger partial charge on any atom is 0.339 e. The van der Waals surface area contributed by atoms with Crippen molar-refractivity contribution >= 4 is 11.9 Å². The predicted octanol–water partition coefficient (Wildman–Crippen LogP) is 0.499. The molecular weight excluding hydrogens is 234 g/mol. The Morgan fingerprint density at radius 2 is 2.00 bits per heavy atom. The van der Waals surface area contributed by atoms with Crippen LogP contribution < -0.4 is 4.74 Å². The first kappa shape index (κ1) is 12.4. The SMILES string of the molecule is O=C(CO[N+](=O)[O-])Oc1ccccc1C(=O)O. The molecule has 8 nitrogen and oxygen atoms in total. The van der Waals surface area contributed by atoms with Crippen molar-refractivity contribution < 1.29 is 29.4 Å². The average molecular weight is 241 g/mol. The van der Waals surface area contributed by atoms with Gasteiger partial charge in [-0.25, -0.2) is 9.59 Å². The van der Waals surface area contributed by atoms with Crippen LogP contribution in [0.5, 0.6) is 5.75 Å². The van der Waals surface area contributed by atoms with Crippen LogP contribution >= 0.6 is 0 Å². The molecule has 0 amide bonds. The molecule has 0 aromatic heterocycles. The quantitative estimate of drug-likeness (QED) is 0.345. The van der Waals surface area contributed by atoms with E-state index in [4.69, 9.17) is 5.11 Å². The Kier molecular flexibility index (Phi) is 3.98. The molecule has 0 spiro atoms. The zero-order valence-corrected chi connectivity index (χ0v) is 8.36. The van der Waals surface area contributed by atoms with Crippen molar-refractivity contribution in [3.05, 3.63) is 39.9 Å². The predicted molar refractivity (Wildman–Crippen MR) is 52.0 cm³/mol. The number of hydrogen-bond acceptors (Lipinski definition) is 6. The molecule has 0 fully saturated rings. The van der Waals surface area contributed by atoms with E-state index in [1.54, 1.807) is 0 Å². The van der Waals surface area contributed by atoms with E-state index < -0.39 is 23.6 Å². The first-order chi connectivity index (χ1) is 8.00. The number of hydrogen-bond donors (Lipinski definition) is 1. The smallest absolute Gasteiger partial charge is 0.339 e. The first-order valence-electron chi connectivity index (χ1n) is 4.31. The largest absolute Gasteiger partial charge is 0.478 e. The summed E-state index contributed by atoms with van der Waals surface area (Å²) in [4.78, 5) is 35.4. The van der Waals surface area contributed by atoms with Gasteiger partial charge in [0, 0.05) is 0 Å². The maximum atomic E-state index is 11.0. The van der Waals surface area contributed by atoms with Crippen LogP contribution in [0, 0.1) is 10.1 Å². The fraction of sp³-hybridized carbons (Fsp3) is 0.111. The van der Waals surface area contributed by atoms with Gasteiger partial charge in [0.1, 0.15) is 11.3 Å². The Morgan fingerprint density at radius 1 is 1.35 bits per heavy atom. The zero-order valence-electron chi connectivity index (χ0n) is 8.36. The Morgan fingerprint density at radius 3 is 2.59 bits per heavy atom. The van der Waals surface area contributed by atoms with E-state index in [9.17, 15) is 19.7 Å². The van der Waals surface area contributed by atoms with Crippen LogP contribution in [0.15, 0.2) is 24.3 Å². The highest BCUT2D eigenvalue weighted by Crippen LogP contribution is 2.17. The highest BCUT2D eigenvalue weighted by Gasteiger charge is 2.14. The van der Waals surface area contributed by atoms with E-state index in [-0.39, 0.29) is 11.3 Å². The van der Waals surface area contributed by atoms with Crippen molar-refractivity contribution in [3.63, 3.8) is 0 Å². The number of benzene rings is 1. The Bertz CT molecular complexity index is 456. The lowest BCUT2D eigenvalue weighted by Crippen LogP contribution is -2.19. The summed E-state index contributed by atoms with van der Waals surface area (Å²) in [5, 5.41) is 17.4. The summed E-state index contributed by atoms with van der Waals surface area (Å²) in [5.41, 5.74) is -0.220. The van der Waals surface area contributed by atoms with E-state index in [0.29, 0.717) is 0 Å². The Balaban J connectivity index is 2.71. The number of carboxylic acids is 1. The number of carbonyl (C=O) groups excluding carboxylic acids is 1. The van der Waals surface area contributed by atoms with Crippen LogP contribution in [0.2, 0.25) is 0 Å². The standard InChI is InChI=1S/C9H7NO7/c11-8(5-16-10(14)15)17-7-4-2-1-3-6(7)9(12)13/h1-4H,5H2,(H,12,13). The molecule has 0 aliphatic carbocycles. The number of aromatic carboxylic acids is 1. The highest BCUT2D eigenvalue weighted by atomic mass is 17.0. The average Bonchev–Trinajstić information content (AvgIpc) is 2.27. The van der Waals surface area contributed by atoms with Gasteiger partial charge in [-0.1, -0.05) is 12.1 Å². The van der Waals surface area contributed by atoms with Crippen LogP contribution in [-0.2, 0) is 9.63 Å². The number of carbonyl (C=O) groups is 2. The molecular formula is C9H7NO7. The van der Waals surface area contributed by atoms with Gasteiger partial charge < -0.3 is 14.7 Å². The van der Waals surface area contributed by atoms with Crippen molar-refractivity contribution in [3.8, 4) is 5.75 Å². The minimum absolute atomic E-state index is 0.197. The van der Waals surface area contributed by atoms with Crippen LogP contribution in [-0.4, -0.2) is 28.7 Å². The number of rotatable bonds is 5. The van der Waals surface area contributed by atoms with Gasteiger partial charge in [-0.05, 0) is 12.1 Å². The lowest BCUT2D eigenvalue weighted by atomic mass is 10.2. The normalized spacial score (nSPS) is 9.41. The monoisotopic (exact) mass is 241 g/mol. The molecule has 90 valence electrons. The van der Waals surface area contributed by atoms with Gasteiger partial charge in [-0.2, -0.15) is 0 Å². The lowest BCUT2D eigenvalue weighted by Gasteiger charge is -2.06. The maximum absolute atomic E-state index is 11.0. The van der Waals surface area contributed by atoms with Gasteiger partial charge in [0.05, 0.1) is 0 Å². The second-order valence-corrected chi connectivity index (χ2v) is 2.77. The summed E-state index contributed by atoms with van der Waals surface area (Å²) in [7, 11) is 0. The van der Waals surface area contributed by atoms with Gasteiger partial charge in [0.15, 0.2) is 6.61 Å². The van der Waals surface area contributed by atoms with Crippen molar-refractivity contribution in [2.75, 3.05) is 6.61 Å². The van der Waals surface area contributed by atoms with Gasteiger partial charge in [-0.3, -0.25) is 0 Å². The topological polar surface area (TPSA) is 116 Å². The van der Waals surface area contributed by atoms with E-state index in [1.807, 2.05) is 0 Å². The summed E-state index contributed by atoms with van der Waals surface area (Å²) in [5.74, 6) is -2.53. The molecule has 0 unspecified atom stereocenters. The van der Waals surface area contributed by atoms with Gasteiger partial charge >= 0.3 is 11.9 Å². The first-order valence-corrected chi connectivity index (χ1v) is 4.31. The third kappa shape index (κ3) is 3.78. The summed E-state index contributed by atoms with van der Waals surface area (Å²) in [6, 6.07) is 5.41. The highest BCUT2D eigenvalue weighted by molar-refractivity contribution is 5.92. The molecule has 1 rings (SSSR count). The van der Waals surface area contributed by atoms with Crippen molar-refractivity contribution in [2.24, 2.45) is 0 Å². The number of carboxylic acid groups (broad SMARTS) is 1. The molecule has 8 heteroatoms. The molecule has 0 radical (unpaired) electrons. The minimum atomic E-state index is -1.27. The molecule has 0 saturated heterocycles. The van der Waals surface area contributed by atoms with Gasteiger partial charge in [0.25, 0.3) is 5.09 Å². The second-order valence-electron chi connectivity index (χ2n) is 2.77. The Labute approximate surface area is 94.5 Å². The summed E-state index contributed by atoms with van der Waals surface area (Å²) in [6.07, 6.45) is 0. The number of para-hydroxylation sites is 1. The molecule has 0 bridgehead atoms. The number of nitrogens with zero attached hydrogens (tertiary/aromatic N) is 1. The van der Waals surface area contributed by atoms with Crippen LogP contribution in [0.25, 0.3) is 0 Å². The van der Waals surface area contributed by atoms with Crippen LogP contribution in [0.3, 0.4) is 0 Å². The van der Waals surface area contributed by atoms with Crippen molar-refractivity contribution in [1.29, 1.82) is 0 Å². The molecule has 0 aliphatic rings. The van der Waals surface area contributed by atoms with E-state index in [0.717, 1.165) is 0 Å². The van der Waals surface area contributed by atoms with Gasteiger partial charge in [0.2, 0.25) is 0 Å². The second kappa shape index (κ2) is 5.45. The van der Waals surface area contributed by atoms with Gasteiger partial charge in [-0.15, -0.1) is 10.1 Å². The van der Waals surface area contributed by atoms with E-state index in [2.05, 4.69) is 9.57 Å². The molecule has 0 saturated carbocycles. The third-order valence-corrected chi connectivity index (χ3v) is 1.63. The molecule has 0 aliphatic heterocycles.